The van der Waals surface area contributed by atoms with Crippen molar-refractivity contribution in [3.63, 3.8) is 0 Å². The first-order valence-corrected chi connectivity index (χ1v) is 14.6. The third-order valence-electron chi connectivity index (χ3n) is 7.41. The Hall–Kier alpha value is -4.45. The van der Waals surface area contributed by atoms with Crippen LogP contribution in [0, 0.1) is 0 Å². The topological polar surface area (TPSA) is 166 Å². The zero-order valence-corrected chi connectivity index (χ0v) is 24.2. The van der Waals surface area contributed by atoms with E-state index < -0.39 is 54.3 Å². The number of benzene rings is 2. The molecule has 2 aromatic carbocycles. The monoisotopic (exact) mass is 593 g/mol. The molecule has 0 spiro atoms. The molecule has 0 unspecified atom stereocenters. The summed E-state index contributed by atoms with van der Waals surface area (Å²) in [7, 11) is 0. The lowest BCUT2D eigenvalue weighted by atomic mass is 10.0. The standard InChI is InChI=1S/C31H39N5O7/c1-20(37)28-31(42)33-22(17-21-9-3-2-4-10-21)19-43-25-12-6-5-11-23(25)29(40)34-24(18-26(38)35-28)30(41)32-14-8-16-36-15-7-13-27(36)39/h2-6,9-12,20,22,24,28,37H,7-8,13-19H2,1H3,(H,32,41)(H,33,42)(H,34,40)(H,35,38)/t20-,22-,24+,28+/m1/s1. The van der Waals surface area contributed by atoms with Crippen LogP contribution in [0.2, 0.25) is 0 Å². The van der Waals surface area contributed by atoms with Gasteiger partial charge in [-0.15, -0.1) is 0 Å². The molecule has 2 aliphatic rings. The molecule has 2 heterocycles. The lowest BCUT2D eigenvalue weighted by Gasteiger charge is -2.27. The minimum absolute atomic E-state index is 0.00512. The lowest BCUT2D eigenvalue weighted by Crippen LogP contribution is -2.57. The molecule has 4 atom stereocenters. The van der Waals surface area contributed by atoms with E-state index in [1.165, 1.54) is 6.92 Å². The van der Waals surface area contributed by atoms with Gasteiger partial charge >= 0.3 is 0 Å². The van der Waals surface area contributed by atoms with E-state index in [2.05, 4.69) is 21.3 Å². The van der Waals surface area contributed by atoms with Crippen LogP contribution < -0.4 is 26.0 Å². The highest BCUT2D eigenvalue weighted by atomic mass is 16.5. The molecule has 0 bridgehead atoms. The van der Waals surface area contributed by atoms with E-state index in [4.69, 9.17) is 4.74 Å². The summed E-state index contributed by atoms with van der Waals surface area (Å²) in [5, 5.41) is 21.1. The molecule has 0 aliphatic carbocycles. The number of rotatable bonds is 8. The Bertz CT molecular complexity index is 1300. The van der Waals surface area contributed by atoms with Gasteiger partial charge in [0.1, 0.15) is 24.4 Å². The SMILES string of the molecule is C[C@@H](O)[C@@H]1NC(=O)C[C@@H](C(=O)NCCCN2CCCC2=O)NC(=O)c2ccccc2OC[C@@H](Cc2ccccc2)NC1=O. The Morgan fingerprint density at radius 1 is 1.05 bits per heavy atom. The number of carbonyl (C=O) groups excluding carboxylic acids is 5. The molecule has 12 heteroatoms. The first-order chi connectivity index (χ1) is 20.7. The van der Waals surface area contributed by atoms with Gasteiger partial charge in [0.2, 0.25) is 23.6 Å². The number of aliphatic hydroxyl groups is 1. The van der Waals surface area contributed by atoms with Crippen molar-refractivity contribution in [1.82, 2.24) is 26.2 Å². The maximum Gasteiger partial charge on any atom is 0.255 e. The van der Waals surface area contributed by atoms with Crippen molar-refractivity contribution in [3.05, 3.63) is 65.7 Å². The minimum atomic E-state index is -1.31. The molecular formula is C31H39N5O7. The van der Waals surface area contributed by atoms with Crippen LogP contribution >= 0.6 is 0 Å². The van der Waals surface area contributed by atoms with E-state index >= 15 is 0 Å². The van der Waals surface area contributed by atoms with Gasteiger partial charge in [-0.25, -0.2) is 0 Å². The van der Waals surface area contributed by atoms with Gasteiger partial charge in [-0.05, 0) is 43.9 Å². The van der Waals surface area contributed by atoms with Gasteiger partial charge in [0.25, 0.3) is 5.91 Å². The molecule has 0 saturated carbocycles. The normalized spacial score (nSPS) is 22.3. The first-order valence-electron chi connectivity index (χ1n) is 14.6. The average Bonchev–Trinajstić information content (AvgIpc) is 3.40. The zero-order chi connectivity index (χ0) is 30.8. The van der Waals surface area contributed by atoms with Gasteiger partial charge in [-0.1, -0.05) is 42.5 Å². The van der Waals surface area contributed by atoms with Crippen LogP contribution in [0.4, 0.5) is 0 Å². The Morgan fingerprint density at radius 3 is 2.51 bits per heavy atom. The summed E-state index contributed by atoms with van der Waals surface area (Å²) < 4.78 is 6.03. The number of amides is 5. The summed E-state index contributed by atoms with van der Waals surface area (Å²) in [6.45, 7) is 2.80. The van der Waals surface area contributed by atoms with Crippen molar-refractivity contribution in [2.24, 2.45) is 0 Å². The minimum Gasteiger partial charge on any atom is -0.491 e. The number of nitrogens with zero attached hydrogens (tertiary/aromatic N) is 1. The quantitative estimate of drug-likeness (QED) is 0.274. The van der Waals surface area contributed by atoms with Crippen LogP contribution in [-0.2, 0) is 25.6 Å². The summed E-state index contributed by atoms with van der Waals surface area (Å²) >= 11 is 0. The fourth-order valence-corrected chi connectivity index (χ4v) is 5.13. The third-order valence-corrected chi connectivity index (χ3v) is 7.41. The van der Waals surface area contributed by atoms with E-state index in [0.29, 0.717) is 32.4 Å². The highest BCUT2D eigenvalue weighted by Gasteiger charge is 2.32. The molecule has 0 aromatic heterocycles. The largest absolute Gasteiger partial charge is 0.491 e. The summed E-state index contributed by atoms with van der Waals surface area (Å²) in [6.07, 6.45) is 0.532. The van der Waals surface area contributed by atoms with Gasteiger partial charge in [0, 0.05) is 26.1 Å². The second kappa shape index (κ2) is 15.1. The maximum absolute atomic E-state index is 13.4. The highest BCUT2D eigenvalue weighted by molar-refractivity contribution is 6.01. The number of hydrogen-bond acceptors (Lipinski definition) is 7. The van der Waals surface area contributed by atoms with Crippen molar-refractivity contribution in [3.8, 4) is 5.75 Å². The lowest BCUT2D eigenvalue weighted by molar-refractivity contribution is -0.133. The Kier molecular flexibility index (Phi) is 11.1. The number of fused-ring (bicyclic) bond motifs is 1. The van der Waals surface area contributed by atoms with Crippen LogP contribution in [0.1, 0.15) is 48.5 Å². The Labute approximate surface area is 250 Å². The summed E-state index contributed by atoms with van der Waals surface area (Å²) in [4.78, 5) is 66.5. The predicted octanol–water partition coefficient (Wildman–Crippen LogP) is 0.289. The van der Waals surface area contributed by atoms with E-state index in [0.717, 1.165) is 12.0 Å². The fourth-order valence-electron chi connectivity index (χ4n) is 5.13. The number of aliphatic hydroxyl groups excluding tert-OH is 1. The fraction of sp³-hybridized carbons (Fsp3) is 0.452. The molecule has 0 radical (unpaired) electrons. The molecule has 12 nitrogen and oxygen atoms in total. The smallest absolute Gasteiger partial charge is 0.255 e. The molecule has 1 fully saturated rings. The molecule has 5 N–H and O–H groups in total. The average molecular weight is 594 g/mol. The molecule has 2 aliphatic heterocycles. The number of carbonyl (C=O) groups is 5. The molecule has 230 valence electrons. The number of likely N-dealkylation sites (tertiary alicyclic amines) is 1. The summed E-state index contributed by atoms with van der Waals surface area (Å²) in [5.74, 6) is -2.19. The number of nitrogens with one attached hydrogen (secondary N) is 4. The van der Waals surface area contributed by atoms with Crippen molar-refractivity contribution in [2.45, 2.75) is 63.3 Å². The van der Waals surface area contributed by atoms with E-state index in [1.54, 1.807) is 29.2 Å². The Balaban J connectivity index is 1.52. The van der Waals surface area contributed by atoms with Gasteiger partial charge in [0.05, 0.1) is 24.1 Å². The van der Waals surface area contributed by atoms with E-state index in [9.17, 15) is 29.1 Å². The van der Waals surface area contributed by atoms with Crippen LogP contribution in [0.5, 0.6) is 5.75 Å². The third kappa shape index (κ3) is 9.02. The number of hydrogen-bond donors (Lipinski definition) is 5. The van der Waals surface area contributed by atoms with Crippen LogP contribution in [0.3, 0.4) is 0 Å². The molecule has 5 amide bonds. The van der Waals surface area contributed by atoms with Gasteiger partial charge in [-0.3, -0.25) is 24.0 Å². The molecule has 43 heavy (non-hydrogen) atoms. The van der Waals surface area contributed by atoms with E-state index in [1.807, 2.05) is 30.3 Å². The van der Waals surface area contributed by atoms with Crippen molar-refractivity contribution in [2.75, 3.05) is 26.2 Å². The molecule has 1 saturated heterocycles. The molecule has 2 aromatic rings. The summed E-state index contributed by atoms with van der Waals surface area (Å²) in [5.41, 5.74) is 1.10. The maximum atomic E-state index is 13.4. The van der Waals surface area contributed by atoms with Crippen molar-refractivity contribution >= 4 is 29.5 Å². The van der Waals surface area contributed by atoms with E-state index in [-0.39, 0.29) is 30.4 Å². The van der Waals surface area contributed by atoms with Gasteiger partial charge in [0.15, 0.2) is 0 Å². The van der Waals surface area contributed by atoms with Gasteiger partial charge < -0.3 is 36.0 Å². The summed E-state index contributed by atoms with van der Waals surface area (Å²) in [6, 6.07) is 12.8. The Morgan fingerprint density at radius 2 is 1.79 bits per heavy atom. The van der Waals surface area contributed by atoms with Crippen LogP contribution in [0.25, 0.3) is 0 Å². The van der Waals surface area contributed by atoms with Crippen molar-refractivity contribution in [1.29, 1.82) is 0 Å². The van der Waals surface area contributed by atoms with Gasteiger partial charge in [-0.2, -0.15) is 0 Å². The van der Waals surface area contributed by atoms with Crippen LogP contribution in [0.15, 0.2) is 54.6 Å². The molecular weight excluding hydrogens is 554 g/mol. The van der Waals surface area contributed by atoms with Crippen molar-refractivity contribution < 1.29 is 33.8 Å². The zero-order valence-electron chi connectivity index (χ0n) is 24.2. The molecule has 4 rings (SSSR count). The van der Waals surface area contributed by atoms with Crippen LogP contribution in [-0.4, -0.2) is 90.0 Å². The number of para-hydroxylation sites is 1. The predicted molar refractivity (Wildman–Crippen MR) is 157 cm³/mol. The number of ether oxygens (including phenoxy) is 1. The highest BCUT2D eigenvalue weighted by Crippen LogP contribution is 2.19. The first kappa shape index (κ1) is 31.5. The second-order valence-electron chi connectivity index (χ2n) is 10.8. The second-order valence-corrected chi connectivity index (χ2v) is 10.8.